The van der Waals surface area contributed by atoms with E-state index < -0.39 is 11.5 Å². The monoisotopic (exact) mass is 241 g/mol. The van der Waals surface area contributed by atoms with Crippen molar-refractivity contribution in [3.05, 3.63) is 0 Å². The number of carbonyl (C=O) groups is 2. The number of carbonyl (C=O) groups excluding carboxylic acids is 1. The highest BCUT2D eigenvalue weighted by Gasteiger charge is 2.42. The summed E-state index contributed by atoms with van der Waals surface area (Å²) in [5, 5.41) is 12.7. The third kappa shape index (κ3) is 3.28. The third-order valence-electron chi connectivity index (χ3n) is 3.84. The van der Waals surface area contributed by atoms with Gasteiger partial charge in [-0.2, -0.15) is 0 Å². The molecule has 1 aliphatic carbocycles. The van der Waals surface area contributed by atoms with E-state index in [1.165, 1.54) is 6.42 Å². The Balaban J connectivity index is 2.79. The zero-order chi connectivity index (χ0) is 12.9. The molecule has 1 saturated carbocycles. The van der Waals surface area contributed by atoms with Crippen LogP contribution in [0.1, 0.15) is 52.4 Å². The second-order valence-electron chi connectivity index (χ2n) is 5.28. The first-order valence-electron chi connectivity index (χ1n) is 6.47. The van der Waals surface area contributed by atoms with Crippen LogP contribution in [0.15, 0.2) is 0 Å². The smallest absolute Gasteiger partial charge is 0.324 e. The van der Waals surface area contributed by atoms with Crippen LogP contribution in [-0.4, -0.2) is 28.9 Å². The molecule has 2 N–H and O–H groups in total. The normalized spacial score (nSPS) is 21.1. The Hall–Kier alpha value is -0.900. The van der Waals surface area contributed by atoms with Gasteiger partial charge in [0.15, 0.2) is 0 Å². The van der Waals surface area contributed by atoms with Crippen molar-refractivity contribution < 1.29 is 14.7 Å². The highest BCUT2D eigenvalue weighted by Crippen LogP contribution is 2.26. The van der Waals surface area contributed by atoms with Gasteiger partial charge in [0, 0.05) is 12.5 Å². The fourth-order valence-corrected chi connectivity index (χ4v) is 2.60. The van der Waals surface area contributed by atoms with Crippen molar-refractivity contribution in [2.45, 2.75) is 64.0 Å². The largest absolute Gasteiger partial charge is 0.480 e. The van der Waals surface area contributed by atoms with Crippen LogP contribution in [0, 0.1) is 5.92 Å². The highest BCUT2D eigenvalue weighted by atomic mass is 16.4. The van der Waals surface area contributed by atoms with E-state index in [4.69, 9.17) is 0 Å². The molecule has 0 bridgehead atoms. The Morgan fingerprint density at radius 1 is 1.41 bits per heavy atom. The second kappa shape index (κ2) is 6.15. The van der Waals surface area contributed by atoms with Gasteiger partial charge in [-0.05, 0) is 18.8 Å². The minimum atomic E-state index is -1.09. The first-order chi connectivity index (χ1) is 8.03. The standard InChI is InChI=1S/C13H23NO3/c1-10(2)13(8-9-15,12(16)17)14-11-6-4-3-5-7-11/h9-11,14H,3-8H2,1-2H3,(H,16,17). The summed E-state index contributed by atoms with van der Waals surface area (Å²) in [6.45, 7) is 3.71. The first kappa shape index (κ1) is 14.2. The molecule has 0 spiro atoms. The lowest BCUT2D eigenvalue weighted by Crippen LogP contribution is -2.60. The molecule has 4 heteroatoms. The van der Waals surface area contributed by atoms with E-state index in [0.717, 1.165) is 25.7 Å². The fourth-order valence-electron chi connectivity index (χ4n) is 2.60. The number of aliphatic carboxylic acids is 1. The summed E-state index contributed by atoms with van der Waals surface area (Å²) in [4.78, 5) is 22.3. The zero-order valence-electron chi connectivity index (χ0n) is 10.7. The van der Waals surface area contributed by atoms with Crippen LogP contribution in [0.4, 0.5) is 0 Å². The maximum Gasteiger partial charge on any atom is 0.324 e. The van der Waals surface area contributed by atoms with Gasteiger partial charge < -0.3 is 9.90 Å². The molecule has 0 aromatic heterocycles. The Morgan fingerprint density at radius 3 is 2.41 bits per heavy atom. The maximum atomic E-state index is 11.5. The molecule has 17 heavy (non-hydrogen) atoms. The van der Waals surface area contributed by atoms with Gasteiger partial charge in [-0.25, -0.2) is 0 Å². The van der Waals surface area contributed by atoms with Crippen molar-refractivity contribution in [1.29, 1.82) is 0 Å². The molecular weight excluding hydrogens is 218 g/mol. The number of hydrogen-bond donors (Lipinski definition) is 2. The van der Waals surface area contributed by atoms with E-state index in [1.54, 1.807) is 0 Å². The van der Waals surface area contributed by atoms with E-state index in [1.807, 2.05) is 13.8 Å². The van der Waals surface area contributed by atoms with Gasteiger partial charge in [-0.1, -0.05) is 33.1 Å². The topological polar surface area (TPSA) is 66.4 Å². The van der Waals surface area contributed by atoms with Crippen molar-refractivity contribution in [2.24, 2.45) is 5.92 Å². The SMILES string of the molecule is CC(C)C(CC=O)(NC1CCCCC1)C(=O)O. The number of carboxylic acids is 1. The maximum absolute atomic E-state index is 11.5. The van der Waals surface area contributed by atoms with Gasteiger partial charge in [-0.3, -0.25) is 10.1 Å². The van der Waals surface area contributed by atoms with Gasteiger partial charge >= 0.3 is 5.97 Å². The van der Waals surface area contributed by atoms with E-state index >= 15 is 0 Å². The summed E-state index contributed by atoms with van der Waals surface area (Å²) < 4.78 is 0. The van der Waals surface area contributed by atoms with Crippen LogP contribution in [0.2, 0.25) is 0 Å². The molecule has 0 aromatic rings. The predicted octanol–water partition coefficient (Wildman–Crippen LogP) is 1.98. The lowest BCUT2D eigenvalue weighted by Gasteiger charge is -2.38. The predicted molar refractivity (Wildman–Crippen MR) is 65.9 cm³/mol. The molecule has 0 radical (unpaired) electrons. The van der Waals surface area contributed by atoms with Crippen molar-refractivity contribution >= 4 is 12.3 Å². The van der Waals surface area contributed by atoms with Gasteiger partial charge in [0.25, 0.3) is 0 Å². The minimum absolute atomic E-state index is 0.0382. The minimum Gasteiger partial charge on any atom is -0.480 e. The molecule has 1 rings (SSSR count). The molecule has 0 aliphatic heterocycles. The molecular formula is C13H23NO3. The summed E-state index contributed by atoms with van der Waals surface area (Å²) >= 11 is 0. The molecule has 0 aromatic carbocycles. The highest BCUT2D eigenvalue weighted by molar-refractivity contribution is 5.82. The van der Waals surface area contributed by atoms with E-state index in [-0.39, 0.29) is 18.4 Å². The van der Waals surface area contributed by atoms with Crippen LogP contribution in [-0.2, 0) is 9.59 Å². The van der Waals surface area contributed by atoms with Gasteiger partial charge in [0.2, 0.25) is 0 Å². The Labute approximate surface area is 103 Å². The average molecular weight is 241 g/mol. The van der Waals surface area contributed by atoms with Gasteiger partial charge in [-0.15, -0.1) is 0 Å². The number of nitrogens with one attached hydrogen (secondary N) is 1. The molecule has 0 saturated heterocycles. The molecule has 98 valence electrons. The van der Waals surface area contributed by atoms with Crippen molar-refractivity contribution in [2.75, 3.05) is 0 Å². The zero-order valence-corrected chi connectivity index (χ0v) is 10.7. The molecule has 1 unspecified atom stereocenters. The number of rotatable bonds is 6. The number of aldehydes is 1. The molecule has 1 aliphatic rings. The molecule has 1 fully saturated rings. The summed E-state index contributed by atoms with van der Waals surface area (Å²) in [6, 6.07) is 0.238. The second-order valence-corrected chi connectivity index (χ2v) is 5.28. The van der Waals surface area contributed by atoms with E-state index in [2.05, 4.69) is 5.32 Å². The van der Waals surface area contributed by atoms with Crippen LogP contribution in [0.25, 0.3) is 0 Å². The van der Waals surface area contributed by atoms with Crippen molar-refractivity contribution in [3.63, 3.8) is 0 Å². The number of carboxylic acid groups (broad SMARTS) is 1. The van der Waals surface area contributed by atoms with E-state index in [0.29, 0.717) is 6.29 Å². The number of hydrogen-bond acceptors (Lipinski definition) is 3. The van der Waals surface area contributed by atoms with E-state index in [9.17, 15) is 14.7 Å². The van der Waals surface area contributed by atoms with Crippen LogP contribution in [0.3, 0.4) is 0 Å². The Kier molecular flexibility index (Phi) is 5.12. The van der Waals surface area contributed by atoms with Crippen LogP contribution >= 0.6 is 0 Å². The molecule has 4 nitrogen and oxygen atoms in total. The van der Waals surface area contributed by atoms with Crippen molar-refractivity contribution in [1.82, 2.24) is 5.32 Å². The quantitative estimate of drug-likeness (QED) is 0.698. The summed E-state index contributed by atoms with van der Waals surface area (Å²) in [5.74, 6) is -1.02. The first-order valence-corrected chi connectivity index (χ1v) is 6.47. The Morgan fingerprint density at radius 2 is 2.00 bits per heavy atom. The summed E-state index contributed by atoms with van der Waals surface area (Å²) in [7, 11) is 0. The Bertz CT molecular complexity index is 272. The fraction of sp³-hybridized carbons (Fsp3) is 0.846. The van der Waals surface area contributed by atoms with Gasteiger partial charge in [0.05, 0.1) is 0 Å². The summed E-state index contributed by atoms with van der Waals surface area (Å²) in [5.41, 5.74) is -1.09. The lowest BCUT2D eigenvalue weighted by atomic mass is 9.81. The molecule has 1 atom stereocenters. The molecule has 0 amide bonds. The third-order valence-corrected chi connectivity index (χ3v) is 3.84. The van der Waals surface area contributed by atoms with Crippen LogP contribution < -0.4 is 5.32 Å². The van der Waals surface area contributed by atoms with Crippen LogP contribution in [0.5, 0.6) is 0 Å². The molecule has 0 heterocycles. The summed E-state index contributed by atoms with van der Waals surface area (Å²) in [6.07, 6.45) is 6.30. The average Bonchev–Trinajstić information content (AvgIpc) is 2.29. The van der Waals surface area contributed by atoms with Crippen molar-refractivity contribution in [3.8, 4) is 0 Å². The lowest BCUT2D eigenvalue weighted by molar-refractivity contribution is -0.149. The van der Waals surface area contributed by atoms with Gasteiger partial charge in [0.1, 0.15) is 11.8 Å².